The van der Waals surface area contributed by atoms with Crippen LogP contribution in [-0.4, -0.2) is 29.9 Å². The molecule has 0 aromatic carbocycles. The Bertz CT molecular complexity index is 393. The fourth-order valence-electron chi connectivity index (χ4n) is 1.67. The van der Waals surface area contributed by atoms with Crippen molar-refractivity contribution in [2.45, 2.75) is 32.6 Å². The van der Waals surface area contributed by atoms with Gasteiger partial charge in [-0.3, -0.25) is 14.6 Å². The van der Waals surface area contributed by atoms with Crippen molar-refractivity contribution in [1.29, 1.82) is 0 Å². The van der Waals surface area contributed by atoms with Crippen LogP contribution >= 0.6 is 0 Å². The van der Waals surface area contributed by atoms with E-state index in [0.29, 0.717) is 12.1 Å². The van der Waals surface area contributed by atoms with Gasteiger partial charge in [0, 0.05) is 32.4 Å². The molecule has 0 aliphatic rings. The van der Waals surface area contributed by atoms with Crippen LogP contribution in [0, 0.1) is 0 Å². The van der Waals surface area contributed by atoms with Crippen LogP contribution in [0.25, 0.3) is 0 Å². The van der Waals surface area contributed by atoms with Crippen LogP contribution in [0.15, 0.2) is 24.5 Å². The Morgan fingerprint density at radius 2 is 1.79 bits per heavy atom. The van der Waals surface area contributed by atoms with Gasteiger partial charge in [-0.05, 0) is 25.0 Å². The second kappa shape index (κ2) is 9.08. The molecule has 2 N–H and O–H groups in total. The van der Waals surface area contributed by atoms with Crippen molar-refractivity contribution in [3.8, 4) is 0 Å². The van der Waals surface area contributed by atoms with Crippen molar-refractivity contribution in [3.05, 3.63) is 30.1 Å². The molecule has 2 amide bonds. The molecule has 1 heterocycles. The van der Waals surface area contributed by atoms with E-state index in [9.17, 15) is 9.59 Å². The van der Waals surface area contributed by atoms with Crippen molar-refractivity contribution >= 4 is 11.8 Å². The second-order valence-electron chi connectivity index (χ2n) is 4.39. The molecule has 5 heteroatoms. The summed E-state index contributed by atoms with van der Waals surface area (Å²) in [5, 5.41) is 5.62. The van der Waals surface area contributed by atoms with Gasteiger partial charge < -0.3 is 10.6 Å². The molecule has 0 unspecified atom stereocenters. The second-order valence-corrected chi connectivity index (χ2v) is 4.39. The van der Waals surface area contributed by atoms with Gasteiger partial charge in [0.05, 0.1) is 5.56 Å². The minimum atomic E-state index is -0.0775. The number of hydrogen-bond acceptors (Lipinski definition) is 3. The minimum absolute atomic E-state index is 0.0173. The number of nitrogens with zero attached hydrogens (tertiary/aromatic N) is 1. The predicted octanol–water partition coefficient (Wildman–Crippen LogP) is 1.51. The van der Waals surface area contributed by atoms with Crippen LogP contribution in [0.3, 0.4) is 0 Å². The topological polar surface area (TPSA) is 71.1 Å². The van der Waals surface area contributed by atoms with Crippen LogP contribution in [0.1, 0.15) is 43.0 Å². The van der Waals surface area contributed by atoms with Crippen molar-refractivity contribution < 1.29 is 9.59 Å². The number of hydrogen-bond donors (Lipinski definition) is 2. The molecule has 1 aromatic rings. The molecule has 0 saturated carbocycles. The Labute approximate surface area is 113 Å². The molecule has 1 aromatic heterocycles. The first-order valence-electron chi connectivity index (χ1n) is 6.63. The van der Waals surface area contributed by atoms with E-state index in [4.69, 9.17) is 0 Å². The average molecular weight is 263 g/mol. The molecule has 19 heavy (non-hydrogen) atoms. The number of rotatable bonds is 8. The fraction of sp³-hybridized carbons (Fsp3) is 0.500. The van der Waals surface area contributed by atoms with Crippen LogP contribution in [0.5, 0.6) is 0 Å². The summed E-state index contributed by atoms with van der Waals surface area (Å²) >= 11 is 0. The summed E-state index contributed by atoms with van der Waals surface area (Å²) in [5.41, 5.74) is 0.591. The Morgan fingerprint density at radius 3 is 2.37 bits per heavy atom. The van der Waals surface area contributed by atoms with E-state index < -0.39 is 0 Å². The molecule has 5 nitrogen and oxygen atoms in total. The number of carbonyl (C=O) groups is 2. The Hall–Kier alpha value is -1.91. The van der Waals surface area contributed by atoms with Crippen LogP contribution in [0.4, 0.5) is 0 Å². The summed E-state index contributed by atoms with van der Waals surface area (Å²) < 4.78 is 0. The van der Waals surface area contributed by atoms with Crippen molar-refractivity contribution in [1.82, 2.24) is 15.6 Å². The fourth-order valence-corrected chi connectivity index (χ4v) is 1.67. The van der Waals surface area contributed by atoms with Gasteiger partial charge in [0.25, 0.3) is 5.91 Å². The standard InChI is InChI=1S/C14H21N3O2/c1-12(18)16-9-4-2-3-5-10-17-14(19)13-7-6-8-15-11-13/h6-8,11H,2-5,9-10H2,1H3,(H,16,18)(H,17,19). The first-order chi connectivity index (χ1) is 9.20. The SMILES string of the molecule is CC(=O)NCCCCCCNC(=O)c1cccnc1. The molecule has 0 saturated heterocycles. The number of pyridine rings is 1. The lowest BCUT2D eigenvalue weighted by Crippen LogP contribution is -2.24. The van der Waals surface area contributed by atoms with Crippen molar-refractivity contribution in [2.75, 3.05) is 13.1 Å². The van der Waals surface area contributed by atoms with Gasteiger partial charge in [0.1, 0.15) is 0 Å². The van der Waals surface area contributed by atoms with Crippen LogP contribution in [0.2, 0.25) is 0 Å². The number of carbonyl (C=O) groups excluding carboxylic acids is 2. The lowest BCUT2D eigenvalue weighted by Gasteiger charge is -2.05. The van der Waals surface area contributed by atoms with Gasteiger partial charge >= 0.3 is 0 Å². The molecule has 0 fully saturated rings. The van der Waals surface area contributed by atoms with E-state index in [2.05, 4.69) is 15.6 Å². The first-order valence-corrected chi connectivity index (χ1v) is 6.63. The highest BCUT2D eigenvalue weighted by Gasteiger charge is 2.03. The van der Waals surface area contributed by atoms with Gasteiger partial charge in [0.2, 0.25) is 5.91 Å². The van der Waals surface area contributed by atoms with E-state index in [-0.39, 0.29) is 11.8 Å². The molecule has 0 atom stereocenters. The van der Waals surface area contributed by atoms with Gasteiger partial charge in [-0.15, -0.1) is 0 Å². The van der Waals surface area contributed by atoms with Crippen molar-refractivity contribution in [2.24, 2.45) is 0 Å². The number of unbranched alkanes of at least 4 members (excludes halogenated alkanes) is 3. The number of aromatic nitrogens is 1. The average Bonchev–Trinajstić information content (AvgIpc) is 2.42. The zero-order chi connectivity index (χ0) is 13.9. The Morgan fingerprint density at radius 1 is 1.11 bits per heavy atom. The van der Waals surface area contributed by atoms with Crippen LogP contribution < -0.4 is 10.6 Å². The summed E-state index contributed by atoms with van der Waals surface area (Å²) in [6, 6.07) is 3.49. The van der Waals surface area contributed by atoms with E-state index in [1.54, 1.807) is 24.5 Å². The predicted molar refractivity (Wildman–Crippen MR) is 73.7 cm³/mol. The van der Waals surface area contributed by atoms with Crippen molar-refractivity contribution in [3.63, 3.8) is 0 Å². The molecular formula is C14H21N3O2. The summed E-state index contributed by atoms with van der Waals surface area (Å²) in [5.74, 6) is -0.0601. The highest BCUT2D eigenvalue weighted by atomic mass is 16.2. The highest BCUT2D eigenvalue weighted by Crippen LogP contribution is 1.99. The quantitative estimate of drug-likeness (QED) is 0.698. The zero-order valence-electron chi connectivity index (χ0n) is 11.3. The monoisotopic (exact) mass is 263 g/mol. The number of nitrogens with one attached hydrogen (secondary N) is 2. The summed E-state index contributed by atoms with van der Waals surface area (Å²) in [6.07, 6.45) is 7.24. The van der Waals surface area contributed by atoms with E-state index in [1.165, 1.54) is 6.92 Å². The first kappa shape index (κ1) is 15.1. The Kier molecular flexibility index (Phi) is 7.24. The summed E-state index contributed by atoms with van der Waals surface area (Å²) in [4.78, 5) is 26.2. The van der Waals surface area contributed by atoms with Gasteiger partial charge in [-0.2, -0.15) is 0 Å². The molecule has 0 aliphatic carbocycles. The third kappa shape index (κ3) is 7.18. The largest absolute Gasteiger partial charge is 0.356 e. The maximum absolute atomic E-state index is 11.7. The zero-order valence-corrected chi connectivity index (χ0v) is 11.3. The van der Waals surface area contributed by atoms with E-state index in [0.717, 1.165) is 32.2 Å². The molecule has 0 bridgehead atoms. The van der Waals surface area contributed by atoms with Gasteiger partial charge in [-0.25, -0.2) is 0 Å². The molecule has 104 valence electrons. The Balaban J connectivity index is 1.99. The lowest BCUT2D eigenvalue weighted by molar-refractivity contribution is -0.118. The molecule has 0 aliphatic heterocycles. The van der Waals surface area contributed by atoms with Crippen LogP contribution in [-0.2, 0) is 4.79 Å². The summed E-state index contributed by atoms with van der Waals surface area (Å²) in [7, 11) is 0. The molecular weight excluding hydrogens is 242 g/mol. The lowest BCUT2D eigenvalue weighted by atomic mass is 10.2. The normalized spacial score (nSPS) is 9.95. The third-order valence-corrected chi connectivity index (χ3v) is 2.69. The molecule has 1 rings (SSSR count). The van der Waals surface area contributed by atoms with Gasteiger partial charge in [0.15, 0.2) is 0 Å². The summed E-state index contributed by atoms with van der Waals surface area (Å²) in [6.45, 7) is 2.93. The minimum Gasteiger partial charge on any atom is -0.356 e. The maximum atomic E-state index is 11.7. The maximum Gasteiger partial charge on any atom is 0.252 e. The number of amides is 2. The third-order valence-electron chi connectivity index (χ3n) is 2.69. The molecule has 0 spiro atoms. The van der Waals surface area contributed by atoms with Gasteiger partial charge in [-0.1, -0.05) is 12.8 Å². The van der Waals surface area contributed by atoms with E-state index >= 15 is 0 Å². The molecule has 0 radical (unpaired) electrons. The van der Waals surface area contributed by atoms with E-state index in [1.807, 2.05) is 0 Å². The highest BCUT2D eigenvalue weighted by molar-refractivity contribution is 5.93. The smallest absolute Gasteiger partial charge is 0.252 e.